The summed E-state index contributed by atoms with van der Waals surface area (Å²) < 4.78 is 0. The SMILES string of the molecule is CCCC/C=C\CCCCCCC(=O)NC(CO)C(O)/C=C/CC/C=C/CCCCCCCCCCCC. The first-order chi connectivity index (χ1) is 18.7. The second kappa shape index (κ2) is 30.2. The lowest BCUT2D eigenvalue weighted by atomic mass is 10.1. The Balaban J connectivity index is 3.74. The number of carbonyl (C=O) groups excluding carboxylic acids is 1. The molecule has 0 aliphatic rings. The van der Waals surface area contributed by atoms with E-state index in [1.54, 1.807) is 6.08 Å². The molecule has 0 saturated carbocycles. The van der Waals surface area contributed by atoms with E-state index in [0.717, 1.165) is 44.9 Å². The Bertz CT molecular complexity index is 584. The fraction of sp³-hybridized carbons (Fsp3) is 0.794. The Morgan fingerprint density at radius 1 is 0.605 bits per heavy atom. The van der Waals surface area contributed by atoms with Gasteiger partial charge in [0.2, 0.25) is 5.91 Å². The summed E-state index contributed by atoms with van der Waals surface area (Å²) in [6.07, 6.45) is 37.9. The van der Waals surface area contributed by atoms with Crippen molar-refractivity contribution in [1.29, 1.82) is 0 Å². The van der Waals surface area contributed by atoms with Gasteiger partial charge in [-0.25, -0.2) is 0 Å². The molecule has 0 saturated heterocycles. The lowest BCUT2D eigenvalue weighted by Gasteiger charge is -2.19. The molecule has 0 bridgehead atoms. The van der Waals surface area contributed by atoms with Crippen LogP contribution in [0.15, 0.2) is 36.5 Å². The van der Waals surface area contributed by atoms with Crippen molar-refractivity contribution in [2.45, 2.75) is 167 Å². The number of rotatable bonds is 28. The average Bonchev–Trinajstić information content (AvgIpc) is 2.92. The minimum atomic E-state index is -0.862. The molecule has 4 heteroatoms. The molecule has 38 heavy (non-hydrogen) atoms. The predicted molar refractivity (Wildman–Crippen MR) is 165 cm³/mol. The lowest BCUT2D eigenvalue weighted by molar-refractivity contribution is -0.123. The van der Waals surface area contributed by atoms with Crippen molar-refractivity contribution in [3.8, 4) is 0 Å². The Labute approximate surface area is 236 Å². The summed E-state index contributed by atoms with van der Waals surface area (Å²) in [4.78, 5) is 12.2. The maximum atomic E-state index is 12.2. The molecule has 0 rings (SSSR count). The predicted octanol–water partition coefficient (Wildman–Crippen LogP) is 9.12. The van der Waals surface area contributed by atoms with E-state index < -0.39 is 12.1 Å². The molecule has 1 amide bonds. The molecular formula is C34H63NO3. The number of hydrogen-bond acceptors (Lipinski definition) is 3. The summed E-state index contributed by atoms with van der Waals surface area (Å²) in [7, 11) is 0. The van der Waals surface area contributed by atoms with Crippen LogP contribution in [0.25, 0.3) is 0 Å². The second-order valence-corrected chi connectivity index (χ2v) is 10.9. The van der Waals surface area contributed by atoms with Crippen LogP contribution in [0.1, 0.15) is 155 Å². The number of aliphatic hydroxyl groups is 2. The maximum absolute atomic E-state index is 12.2. The number of allylic oxidation sites excluding steroid dienone is 5. The van der Waals surface area contributed by atoms with Gasteiger partial charge in [-0.2, -0.15) is 0 Å². The minimum absolute atomic E-state index is 0.0918. The molecule has 0 aliphatic carbocycles. The fourth-order valence-electron chi connectivity index (χ4n) is 4.52. The molecule has 0 spiro atoms. The summed E-state index contributed by atoms with van der Waals surface area (Å²) in [5.41, 5.74) is 0. The van der Waals surface area contributed by atoms with E-state index in [-0.39, 0.29) is 12.5 Å². The van der Waals surface area contributed by atoms with Gasteiger partial charge in [-0.15, -0.1) is 0 Å². The number of aliphatic hydroxyl groups excluding tert-OH is 2. The Kier molecular flexibility index (Phi) is 29.1. The summed E-state index contributed by atoms with van der Waals surface area (Å²) in [6.45, 7) is 4.22. The lowest BCUT2D eigenvalue weighted by Crippen LogP contribution is -2.45. The van der Waals surface area contributed by atoms with E-state index in [1.807, 2.05) is 6.08 Å². The van der Waals surface area contributed by atoms with Crippen LogP contribution < -0.4 is 5.32 Å². The third kappa shape index (κ3) is 26.2. The van der Waals surface area contributed by atoms with Crippen LogP contribution in [0.5, 0.6) is 0 Å². The molecular weight excluding hydrogens is 470 g/mol. The van der Waals surface area contributed by atoms with Gasteiger partial charge >= 0.3 is 0 Å². The van der Waals surface area contributed by atoms with Crippen LogP contribution in [0, 0.1) is 0 Å². The number of carbonyl (C=O) groups is 1. The van der Waals surface area contributed by atoms with Crippen molar-refractivity contribution >= 4 is 5.91 Å². The van der Waals surface area contributed by atoms with Crippen molar-refractivity contribution in [2.75, 3.05) is 6.61 Å². The summed E-state index contributed by atoms with van der Waals surface area (Å²) >= 11 is 0. The molecule has 0 aliphatic heterocycles. The molecule has 0 radical (unpaired) electrons. The quantitative estimate of drug-likeness (QED) is 0.0693. The van der Waals surface area contributed by atoms with Crippen molar-refractivity contribution in [2.24, 2.45) is 0 Å². The number of unbranched alkanes of at least 4 members (excludes halogenated alkanes) is 17. The second-order valence-electron chi connectivity index (χ2n) is 10.9. The van der Waals surface area contributed by atoms with Crippen molar-refractivity contribution in [3.63, 3.8) is 0 Å². The number of amides is 1. The summed E-state index contributed by atoms with van der Waals surface area (Å²) in [5.74, 6) is -0.0918. The topological polar surface area (TPSA) is 69.6 Å². The van der Waals surface area contributed by atoms with E-state index in [9.17, 15) is 15.0 Å². The first kappa shape index (κ1) is 36.6. The van der Waals surface area contributed by atoms with Crippen LogP contribution in [-0.2, 0) is 4.79 Å². The molecule has 222 valence electrons. The normalized spacial score (nSPS) is 13.7. The van der Waals surface area contributed by atoms with E-state index >= 15 is 0 Å². The Morgan fingerprint density at radius 2 is 1.05 bits per heavy atom. The van der Waals surface area contributed by atoms with E-state index in [2.05, 4.69) is 43.5 Å². The number of nitrogens with one attached hydrogen (secondary N) is 1. The molecule has 0 aromatic carbocycles. The van der Waals surface area contributed by atoms with Crippen molar-refractivity contribution in [1.82, 2.24) is 5.32 Å². The van der Waals surface area contributed by atoms with Gasteiger partial charge in [0.1, 0.15) is 0 Å². The third-order valence-corrected chi connectivity index (χ3v) is 7.10. The van der Waals surface area contributed by atoms with Crippen LogP contribution in [0.4, 0.5) is 0 Å². The van der Waals surface area contributed by atoms with E-state index in [1.165, 1.54) is 89.9 Å². The van der Waals surface area contributed by atoms with Crippen LogP contribution in [-0.4, -0.2) is 34.9 Å². The zero-order valence-electron chi connectivity index (χ0n) is 25.2. The van der Waals surface area contributed by atoms with Crippen LogP contribution in [0.3, 0.4) is 0 Å². The summed E-state index contributed by atoms with van der Waals surface area (Å²) in [5, 5.41) is 22.7. The van der Waals surface area contributed by atoms with Gasteiger partial charge in [0.05, 0.1) is 18.8 Å². The molecule has 0 fully saturated rings. The highest BCUT2D eigenvalue weighted by Crippen LogP contribution is 2.12. The van der Waals surface area contributed by atoms with E-state index in [0.29, 0.717) is 6.42 Å². The van der Waals surface area contributed by atoms with Gasteiger partial charge < -0.3 is 15.5 Å². The van der Waals surface area contributed by atoms with Gasteiger partial charge in [-0.05, 0) is 51.4 Å². The van der Waals surface area contributed by atoms with Gasteiger partial charge in [-0.1, -0.05) is 134 Å². The van der Waals surface area contributed by atoms with Crippen LogP contribution >= 0.6 is 0 Å². The Morgan fingerprint density at radius 3 is 1.61 bits per heavy atom. The molecule has 0 heterocycles. The largest absolute Gasteiger partial charge is 0.394 e. The van der Waals surface area contributed by atoms with Crippen molar-refractivity contribution in [3.05, 3.63) is 36.5 Å². The highest BCUT2D eigenvalue weighted by atomic mass is 16.3. The number of hydrogen-bond donors (Lipinski definition) is 3. The highest BCUT2D eigenvalue weighted by Gasteiger charge is 2.17. The summed E-state index contributed by atoms with van der Waals surface area (Å²) in [6, 6.07) is -0.640. The Hall–Kier alpha value is -1.39. The van der Waals surface area contributed by atoms with Crippen LogP contribution in [0.2, 0.25) is 0 Å². The average molecular weight is 534 g/mol. The smallest absolute Gasteiger partial charge is 0.220 e. The van der Waals surface area contributed by atoms with Gasteiger partial charge in [0.15, 0.2) is 0 Å². The minimum Gasteiger partial charge on any atom is -0.394 e. The molecule has 0 aromatic heterocycles. The zero-order valence-corrected chi connectivity index (χ0v) is 25.2. The van der Waals surface area contributed by atoms with Crippen molar-refractivity contribution < 1.29 is 15.0 Å². The van der Waals surface area contributed by atoms with Gasteiger partial charge in [0, 0.05) is 6.42 Å². The molecule has 2 unspecified atom stereocenters. The third-order valence-electron chi connectivity index (χ3n) is 7.10. The monoisotopic (exact) mass is 533 g/mol. The fourth-order valence-corrected chi connectivity index (χ4v) is 4.52. The first-order valence-electron chi connectivity index (χ1n) is 16.2. The van der Waals surface area contributed by atoms with Gasteiger partial charge in [-0.3, -0.25) is 4.79 Å². The molecule has 4 nitrogen and oxygen atoms in total. The van der Waals surface area contributed by atoms with E-state index in [4.69, 9.17) is 0 Å². The zero-order chi connectivity index (χ0) is 27.9. The molecule has 3 N–H and O–H groups in total. The maximum Gasteiger partial charge on any atom is 0.220 e. The molecule has 2 atom stereocenters. The highest BCUT2D eigenvalue weighted by molar-refractivity contribution is 5.76. The molecule has 0 aromatic rings. The first-order valence-corrected chi connectivity index (χ1v) is 16.2. The standard InChI is InChI=1S/C34H63NO3/c1-3-5-7-9-11-13-15-16-17-18-19-20-21-23-25-27-29-33(37)32(31-36)35-34(38)30-28-26-24-22-14-12-10-8-6-4-2/h10,12,20-21,27,29,32-33,36-37H,3-9,11,13-19,22-26,28,30-31H2,1-2H3,(H,35,38)/b12-10-,21-20+,29-27+. The van der Waals surface area contributed by atoms with Gasteiger partial charge in [0.25, 0.3) is 0 Å².